The summed E-state index contributed by atoms with van der Waals surface area (Å²) in [5.41, 5.74) is 11.2. The molecule has 0 saturated heterocycles. The zero-order valence-electron chi connectivity index (χ0n) is 17.6. The van der Waals surface area contributed by atoms with Gasteiger partial charge in [0.2, 0.25) is 5.91 Å². The third-order valence-corrected chi connectivity index (χ3v) is 6.69. The lowest BCUT2D eigenvalue weighted by Crippen LogP contribution is -2.17. The van der Waals surface area contributed by atoms with E-state index in [1.807, 2.05) is 18.2 Å². The molecule has 156 valence electrons. The van der Waals surface area contributed by atoms with Crippen LogP contribution >= 0.6 is 0 Å². The molecular weight excluding hydrogens is 370 g/mol. The Bertz CT molecular complexity index is 974. The first-order valence-corrected chi connectivity index (χ1v) is 11.0. The Morgan fingerprint density at radius 3 is 2.83 bits per heavy atom. The van der Waals surface area contributed by atoms with E-state index in [4.69, 9.17) is 5.73 Å². The Kier molecular flexibility index (Phi) is 6.19. The molecule has 30 heavy (non-hydrogen) atoms. The van der Waals surface area contributed by atoms with Crippen LogP contribution in [0.5, 0.6) is 0 Å². The van der Waals surface area contributed by atoms with Gasteiger partial charge in [-0.3, -0.25) is 4.79 Å². The average molecular weight is 402 g/mol. The number of aryl methyl sites for hydroxylation is 2. The summed E-state index contributed by atoms with van der Waals surface area (Å²) in [6, 6.07) is 16.3. The fourth-order valence-corrected chi connectivity index (χ4v) is 5.27. The summed E-state index contributed by atoms with van der Waals surface area (Å²) in [6.45, 7) is 2.13. The predicted molar refractivity (Wildman–Crippen MR) is 121 cm³/mol. The number of hydrogen-bond donors (Lipinski definition) is 2. The van der Waals surface area contributed by atoms with Crippen molar-refractivity contribution in [3.63, 3.8) is 0 Å². The van der Waals surface area contributed by atoms with Crippen LogP contribution in [0, 0.1) is 24.7 Å². The van der Waals surface area contributed by atoms with Gasteiger partial charge >= 0.3 is 0 Å². The molecule has 0 aromatic heterocycles. The van der Waals surface area contributed by atoms with Crippen LogP contribution in [0.25, 0.3) is 0 Å². The summed E-state index contributed by atoms with van der Waals surface area (Å²) in [6.07, 6.45) is 11.2. The van der Waals surface area contributed by atoms with E-state index >= 15 is 0 Å². The van der Waals surface area contributed by atoms with Crippen molar-refractivity contribution in [3.05, 3.63) is 94.6 Å². The van der Waals surface area contributed by atoms with Crippen molar-refractivity contribution >= 4 is 5.91 Å². The molecule has 2 aliphatic rings. The number of aliphatic hydroxyl groups is 1. The van der Waals surface area contributed by atoms with E-state index in [2.05, 4.69) is 49.4 Å². The molecule has 4 atom stereocenters. The van der Waals surface area contributed by atoms with Crippen molar-refractivity contribution < 1.29 is 9.90 Å². The summed E-state index contributed by atoms with van der Waals surface area (Å²) in [4.78, 5) is 11.7. The molecule has 3 N–H and O–H groups in total. The average Bonchev–Trinajstić information content (AvgIpc) is 3.22. The molecule has 0 spiro atoms. The molecule has 2 aromatic rings. The summed E-state index contributed by atoms with van der Waals surface area (Å²) in [5, 5.41) is 10.6. The first-order chi connectivity index (χ1) is 14.5. The summed E-state index contributed by atoms with van der Waals surface area (Å²) < 4.78 is 0. The van der Waals surface area contributed by atoms with E-state index in [0.717, 1.165) is 37.7 Å². The van der Waals surface area contributed by atoms with E-state index in [1.54, 1.807) is 6.07 Å². The molecule has 2 aliphatic carbocycles. The fourth-order valence-electron chi connectivity index (χ4n) is 5.27. The van der Waals surface area contributed by atoms with Gasteiger partial charge in [-0.1, -0.05) is 71.8 Å². The molecule has 3 heteroatoms. The normalized spacial score (nSPS) is 25.5. The second-order valence-corrected chi connectivity index (χ2v) is 8.89. The summed E-state index contributed by atoms with van der Waals surface area (Å²) in [5.74, 6) is 0.745. The Morgan fingerprint density at radius 2 is 2.03 bits per heavy atom. The van der Waals surface area contributed by atoms with Gasteiger partial charge in [-0.2, -0.15) is 0 Å². The van der Waals surface area contributed by atoms with E-state index < -0.39 is 0 Å². The van der Waals surface area contributed by atoms with Crippen molar-refractivity contribution in [3.8, 4) is 0 Å². The van der Waals surface area contributed by atoms with Crippen LogP contribution in [-0.2, 0) is 12.8 Å². The Hall–Kier alpha value is -2.65. The highest BCUT2D eigenvalue weighted by atomic mass is 16.3. The molecule has 1 saturated carbocycles. The van der Waals surface area contributed by atoms with Crippen molar-refractivity contribution in [2.45, 2.75) is 45.1 Å². The molecule has 2 aromatic carbocycles. The minimum absolute atomic E-state index is 0.215. The van der Waals surface area contributed by atoms with Crippen LogP contribution in [0.1, 0.15) is 46.3 Å². The lowest BCUT2D eigenvalue weighted by atomic mass is 9.88. The van der Waals surface area contributed by atoms with Crippen molar-refractivity contribution in [2.75, 3.05) is 0 Å². The molecule has 0 aliphatic heterocycles. The van der Waals surface area contributed by atoms with Gasteiger partial charge in [0.25, 0.3) is 0 Å². The van der Waals surface area contributed by atoms with Crippen LogP contribution in [0.3, 0.4) is 0 Å². The van der Waals surface area contributed by atoms with E-state index in [-0.39, 0.29) is 17.9 Å². The van der Waals surface area contributed by atoms with Gasteiger partial charge in [0, 0.05) is 11.5 Å². The highest BCUT2D eigenvalue weighted by Gasteiger charge is 2.43. The van der Waals surface area contributed by atoms with Gasteiger partial charge in [-0.15, -0.1) is 0 Å². The topological polar surface area (TPSA) is 63.3 Å². The molecule has 0 unspecified atom stereocenters. The Balaban J connectivity index is 1.37. The molecule has 0 heterocycles. The van der Waals surface area contributed by atoms with Crippen molar-refractivity contribution in [1.82, 2.24) is 0 Å². The number of aliphatic hydroxyl groups excluding tert-OH is 1. The van der Waals surface area contributed by atoms with Crippen LogP contribution in [0.2, 0.25) is 0 Å². The first kappa shape index (κ1) is 20.6. The van der Waals surface area contributed by atoms with Crippen molar-refractivity contribution in [2.24, 2.45) is 23.5 Å². The maximum atomic E-state index is 11.7. The number of fused-ring (bicyclic) bond motifs is 1. The largest absolute Gasteiger partial charge is 0.392 e. The van der Waals surface area contributed by atoms with Gasteiger partial charge in [0.15, 0.2) is 0 Å². The van der Waals surface area contributed by atoms with E-state index in [9.17, 15) is 9.90 Å². The van der Waals surface area contributed by atoms with Crippen LogP contribution in [0.15, 0.2) is 72.3 Å². The number of benzene rings is 2. The number of nitrogens with two attached hydrogens (primary N) is 1. The monoisotopic (exact) mass is 401 g/mol. The summed E-state index contributed by atoms with van der Waals surface area (Å²) >= 11 is 0. The highest BCUT2D eigenvalue weighted by molar-refractivity contribution is 5.94. The first-order valence-electron chi connectivity index (χ1n) is 11.0. The van der Waals surface area contributed by atoms with Crippen LogP contribution < -0.4 is 5.73 Å². The lowest BCUT2D eigenvalue weighted by Gasteiger charge is -2.18. The van der Waals surface area contributed by atoms with Crippen LogP contribution in [-0.4, -0.2) is 17.1 Å². The lowest BCUT2D eigenvalue weighted by molar-refractivity contribution is 0.0999. The Morgan fingerprint density at radius 1 is 1.20 bits per heavy atom. The van der Waals surface area contributed by atoms with Gasteiger partial charge < -0.3 is 10.8 Å². The molecule has 3 nitrogen and oxygen atoms in total. The third kappa shape index (κ3) is 4.57. The number of hydrogen-bond acceptors (Lipinski definition) is 2. The smallest absolute Gasteiger partial charge is 0.248 e. The van der Waals surface area contributed by atoms with Gasteiger partial charge in [-0.25, -0.2) is 0 Å². The van der Waals surface area contributed by atoms with E-state index in [0.29, 0.717) is 17.4 Å². The minimum atomic E-state index is -0.366. The standard InChI is InChI=1S/C27H31NO2/c1-18-7-6-9-19(13-18)8-2-4-12-24-25-16-20(15-22(25)17-26(24)29)14-21-10-3-5-11-23(21)27(28)30/h3-7,9-13,15,22,24-26,29H,2,8,14,16-17H2,1H3,(H2,28,30)/b12-4+/t22-,24+,25-,26+/m0/s1. The number of primary amides is 1. The highest BCUT2D eigenvalue weighted by Crippen LogP contribution is 2.48. The zero-order chi connectivity index (χ0) is 21.1. The quantitative estimate of drug-likeness (QED) is 0.657. The molecule has 4 rings (SSSR count). The molecule has 1 amide bonds. The number of carbonyl (C=O) groups excluding carboxylic acids is 1. The van der Waals surface area contributed by atoms with Gasteiger partial charge in [-0.05, 0) is 68.1 Å². The van der Waals surface area contributed by atoms with E-state index in [1.165, 1.54) is 16.7 Å². The fraction of sp³-hybridized carbons (Fsp3) is 0.370. The number of allylic oxidation sites excluding steroid dienone is 3. The number of amides is 1. The molecule has 0 bridgehead atoms. The molecule has 1 fully saturated rings. The van der Waals surface area contributed by atoms with Crippen molar-refractivity contribution in [1.29, 1.82) is 0 Å². The van der Waals surface area contributed by atoms with Gasteiger partial charge in [0.1, 0.15) is 0 Å². The minimum Gasteiger partial charge on any atom is -0.392 e. The van der Waals surface area contributed by atoms with Gasteiger partial charge in [0.05, 0.1) is 6.10 Å². The SMILES string of the molecule is Cc1cccc(CC/C=C/[C@@H]2[C@H]3CC(Cc4ccccc4C(N)=O)=C[C@H]3C[C@H]2O)c1. The number of rotatable bonds is 7. The third-order valence-electron chi connectivity index (χ3n) is 6.69. The van der Waals surface area contributed by atoms with Crippen LogP contribution in [0.4, 0.5) is 0 Å². The molecule has 0 radical (unpaired) electrons. The second-order valence-electron chi connectivity index (χ2n) is 8.89. The maximum Gasteiger partial charge on any atom is 0.248 e. The Labute approximate surface area is 179 Å². The number of carbonyl (C=O) groups is 1. The maximum absolute atomic E-state index is 11.7. The molecular formula is C27H31NO2. The summed E-state index contributed by atoms with van der Waals surface area (Å²) in [7, 11) is 0. The zero-order valence-corrected chi connectivity index (χ0v) is 17.6. The predicted octanol–water partition coefficient (Wildman–Crippen LogP) is 4.77. The second kappa shape index (κ2) is 9.01.